The number of fused-ring (bicyclic) bond motifs is 1. The highest BCUT2D eigenvalue weighted by Crippen LogP contribution is 2.32. The molecular formula is C16H16N6O3S. The molecule has 0 fully saturated rings. The summed E-state index contributed by atoms with van der Waals surface area (Å²) in [6, 6.07) is 5.27. The third-order valence-corrected chi connectivity index (χ3v) is 5.49. The standard InChI is InChI=1S/C16H16N6O3S/c1-8-19-15(25-22-8)11-7-18-16(21-14(11)17)20-9-2-3-13-10(6-9)12(23)4-5-26(13)24/h2-3,6-7,12,23H,4-5H2,1H3,(H3,17,18,20,21). The maximum absolute atomic E-state index is 12.0. The van der Waals surface area contributed by atoms with Gasteiger partial charge in [0.2, 0.25) is 5.95 Å². The fourth-order valence-electron chi connectivity index (χ4n) is 2.73. The van der Waals surface area contributed by atoms with Crippen LogP contribution >= 0.6 is 0 Å². The fourth-order valence-corrected chi connectivity index (χ4v) is 4.07. The molecule has 0 saturated carbocycles. The SMILES string of the molecule is Cc1noc(-c2cnc(Nc3ccc4c(c3)C(O)CCS4=O)nc2N)n1. The van der Waals surface area contributed by atoms with Crippen molar-refractivity contribution in [2.45, 2.75) is 24.3 Å². The summed E-state index contributed by atoms with van der Waals surface area (Å²) in [5, 5.41) is 16.9. The Balaban J connectivity index is 1.61. The second-order valence-corrected chi connectivity index (χ2v) is 7.41. The Morgan fingerprint density at radius 1 is 1.38 bits per heavy atom. The summed E-state index contributed by atoms with van der Waals surface area (Å²) >= 11 is 0. The van der Waals surface area contributed by atoms with Crippen LogP contribution in [0.15, 0.2) is 33.8 Å². The maximum atomic E-state index is 12.0. The molecule has 4 rings (SSSR count). The van der Waals surface area contributed by atoms with Crippen LogP contribution in [0.2, 0.25) is 0 Å². The summed E-state index contributed by atoms with van der Waals surface area (Å²) in [4.78, 5) is 13.2. The van der Waals surface area contributed by atoms with Crippen molar-refractivity contribution in [3.8, 4) is 11.5 Å². The molecule has 2 unspecified atom stereocenters. The number of nitrogen functional groups attached to an aromatic ring is 1. The van der Waals surface area contributed by atoms with Gasteiger partial charge < -0.3 is 20.7 Å². The molecule has 2 aromatic heterocycles. The molecule has 0 spiro atoms. The first-order valence-corrected chi connectivity index (χ1v) is 9.24. The second-order valence-electron chi connectivity index (χ2n) is 5.87. The third kappa shape index (κ3) is 3.04. The molecule has 134 valence electrons. The lowest BCUT2D eigenvalue weighted by molar-refractivity contribution is 0.169. The largest absolute Gasteiger partial charge is 0.388 e. The van der Waals surface area contributed by atoms with E-state index in [-0.39, 0.29) is 17.7 Å². The predicted octanol–water partition coefficient (Wildman–Crippen LogP) is 1.71. The molecule has 4 N–H and O–H groups in total. The van der Waals surface area contributed by atoms with Crippen LogP contribution in [0.4, 0.5) is 17.5 Å². The van der Waals surface area contributed by atoms with E-state index in [4.69, 9.17) is 10.3 Å². The average molecular weight is 372 g/mol. The van der Waals surface area contributed by atoms with E-state index < -0.39 is 16.9 Å². The molecule has 10 heteroatoms. The number of hydrogen-bond donors (Lipinski definition) is 3. The van der Waals surface area contributed by atoms with Crippen molar-refractivity contribution in [2.24, 2.45) is 0 Å². The molecule has 3 heterocycles. The number of benzene rings is 1. The summed E-state index contributed by atoms with van der Waals surface area (Å²) in [5.41, 5.74) is 7.75. The van der Waals surface area contributed by atoms with E-state index in [0.29, 0.717) is 39.7 Å². The van der Waals surface area contributed by atoms with E-state index in [0.717, 1.165) is 0 Å². The number of aryl methyl sites for hydroxylation is 1. The van der Waals surface area contributed by atoms with Gasteiger partial charge in [-0.3, -0.25) is 4.21 Å². The quantitative estimate of drug-likeness (QED) is 0.626. The van der Waals surface area contributed by atoms with Gasteiger partial charge in [0.1, 0.15) is 11.4 Å². The Morgan fingerprint density at radius 2 is 2.23 bits per heavy atom. The zero-order valence-corrected chi connectivity index (χ0v) is 14.7. The lowest BCUT2D eigenvalue weighted by Gasteiger charge is -2.21. The number of anilines is 3. The molecule has 26 heavy (non-hydrogen) atoms. The first-order valence-electron chi connectivity index (χ1n) is 7.92. The van der Waals surface area contributed by atoms with Gasteiger partial charge in [-0.05, 0) is 37.1 Å². The Morgan fingerprint density at radius 3 is 2.96 bits per heavy atom. The van der Waals surface area contributed by atoms with Gasteiger partial charge in [0.15, 0.2) is 5.82 Å². The topological polar surface area (TPSA) is 140 Å². The van der Waals surface area contributed by atoms with Gasteiger partial charge in [0, 0.05) is 22.5 Å². The highest BCUT2D eigenvalue weighted by Gasteiger charge is 2.23. The van der Waals surface area contributed by atoms with Crippen LogP contribution in [0.1, 0.15) is 23.9 Å². The summed E-state index contributed by atoms with van der Waals surface area (Å²) in [7, 11) is -1.08. The summed E-state index contributed by atoms with van der Waals surface area (Å²) in [6.45, 7) is 1.71. The highest BCUT2D eigenvalue weighted by molar-refractivity contribution is 7.85. The van der Waals surface area contributed by atoms with Crippen molar-refractivity contribution in [3.05, 3.63) is 35.8 Å². The summed E-state index contributed by atoms with van der Waals surface area (Å²) in [6.07, 6.45) is 1.35. The Hall–Kier alpha value is -2.85. The minimum Gasteiger partial charge on any atom is -0.388 e. The molecule has 0 aliphatic carbocycles. The van der Waals surface area contributed by atoms with E-state index in [2.05, 4.69) is 25.4 Å². The number of rotatable bonds is 3. The zero-order chi connectivity index (χ0) is 18.3. The summed E-state index contributed by atoms with van der Waals surface area (Å²) in [5.74, 6) is 1.70. The molecule has 3 aromatic rings. The molecule has 0 amide bonds. The lowest BCUT2D eigenvalue weighted by Crippen LogP contribution is -2.15. The molecule has 0 radical (unpaired) electrons. The van der Waals surface area contributed by atoms with Gasteiger partial charge in [0.25, 0.3) is 5.89 Å². The molecule has 0 saturated heterocycles. The minimum absolute atomic E-state index is 0.199. The molecule has 1 aliphatic rings. The monoisotopic (exact) mass is 372 g/mol. The van der Waals surface area contributed by atoms with Crippen molar-refractivity contribution in [1.82, 2.24) is 20.1 Å². The van der Waals surface area contributed by atoms with E-state index in [1.54, 1.807) is 25.1 Å². The van der Waals surface area contributed by atoms with Crippen molar-refractivity contribution < 1.29 is 13.8 Å². The van der Waals surface area contributed by atoms with Crippen molar-refractivity contribution >= 4 is 28.3 Å². The molecule has 1 aromatic carbocycles. The van der Waals surface area contributed by atoms with Crippen molar-refractivity contribution in [1.29, 1.82) is 0 Å². The van der Waals surface area contributed by atoms with Gasteiger partial charge in [-0.2, -0.15) is 9.97 Å². The normalized spacial score (nSPS) is 19.2. The van der Waals surface area contributed by atoms with Crippen LogP contribution in [0.25, 0.3) is 11.5 Å². The fraction of sp³-hybridized carbons (Fsp3) is 0.250. The Labute approximate surface area is 151 Å². The smallest absolute Gasteiger partial charge is 0.263 e. The van der Waals surface area contributed by atoms with Gasteiger partial charge >= 0.3 is 0 Å². The predicted molar refractivity (Wildman–Crippen MR) is 95.1 cm³/mol. The number of aliphatic hydroxyl groups excluding tert-OH is 1. The van der Waals surface area contributed by atoms with Gasteiger partial charge in [0.05, 0.1) is 16.9 Å². The van der Waals surface area contributed by atoms with E-state index in [9.17, 15) is 9.32 Å². The molecular weight excluding hydrogens is 356 g/mol. The van der Waals surface area contributed by atoms with Crippen LogP contribution in [-0.4, -0.2) is 35.2 Å². The van der Waals surface area contributed by atoms with E-state index in [1.165, 1.54) is 6.20 Å². The van der Waals surface area contributed by atoms with Gasteiger partial charge in [-0.15, -0.1) is 0 Å². The van der Waals surface area contributed by atoms with E-state index in [1.807, 2.05) is 0 Å². The number of aromatic nitrogens is 4. The van der Waals surface area contributed by atoms with Crippen molar-refractivity contribution in [3.63, 3.8) is 0 Å². The molecule has 2 atom stereocenters. The van der Waals surface area contributed by atoms with Gasteiger partial charge in [-0.1, -0.05) is 5.16 Å². The lowest BCUT2D eigenvalue weighted by atomic mass is 10.1. The third-order valence-electron chi connectivity index (χ3n) is 4.02. The maximum Gasteiger partial charge on any atom is 0.263 e. The zero-order valence-electron chi connectivity index (χ0n) is 13.8. The number of hydrogen-bond acceptors (Lipinski definition) is 9. The van der Waals surface area contributed by atoms with E-state index >= 15 is 0 Å². The molecule has 1 aliphatic heterocycles. The summed E-state index contributed by atoms with van der Waals surface area (Å²) < 4.78 is 17.1. The first-order chi connectivity index (χ1) is 12.5. The second kappa shape index (κ2) is 6.46. The number of nitrogens with two attached hydrogens (primary N) is 1. The number of nitrogens with one attached hydrogen (secondary N) is 1. The molecule has 9 nitrogen and oxygen atoms in total. The highest BCUT2D eigenvalue weighted by atomic mass is 32.2. The van der Waals surface area contributed by atoms with Crippen molar-refractivity contribution in [2.75, 3.05) is 16.8 Å². The van der Waals surface area contributed by atoms with Crippen LogP contribution in [0, 0.1) is 6.92 Å². The number of nitrogens with zero attached hydrogens (tertiary/aromatic N) is 4. The Kier molecular flexibility index (Phi) is 4.13. The molecule has 0 bridgehead atoms. The van der Waals surface area contributed by atoms with Crippen LogP contribution in [0.3, 0.4) is 0 Å². The number of aliphatic hydroxyl groups is 1. The van der Waals surface area contributed by atoms with Crippen LogP contribution in [0.5, 0.6) is 0 Å². The van der Waals surface area contributed by atoms with Gasteiger partial charge in [-0.25, -0.2) is 4.98 Å². The minimum atomic E-state index is -1.08. The first kappa shape index (κ1) is 16.6. The van der Waals surface area contributed by atoms with Crippen LogP contribution < -0.4 is 11.1 Å². The van der Waals surface area contributed by atoms with Crippen LogP contribution in [-0.2, 0) is 10.8 Å². The average Bonchev–Trinajstić information content (AvgIpc) is 3.04. The Bertz CT molecular complexity index is 1010.